The Bertz CT molecular complexity index is 693. The SMILES string of the molecule is C#CCNC(=O)C(C)Sc1nnc(-c2ccccc2OC)o1. The van der Waals surface area contributed by atoms with Gasteiger partial charge in [0.05, 0.1) is 24.5 Å². The van der Waals surface area contributed by atoms with Crippen LogP contribution in [0.5, 0.6) is 5.75 Å². The summed E-state index contributed by atoms with van der Waals surface area (Å²) in [5.41, 5.74) is 0.703. The lowest BCUT2D eigenvalue weighted by molar-refractivity contribution is -0.120. The Morgan fingerprint density at radius 2 is 2.27 bits per heavy atom. The van der Waals surface area contributed by atoms with Crippen molar-refractivity contribution in [1.82, 2.24) is 15.5 Å². The van der Waals surface area contributed by atoms with E-state index >= 15 is 0 Å². The minimum Gasteiger partial charge on any atom is -0.496 e. The molecule has 0 saturated carbocycles. The molecule has 22 heavy (non-hydrogen) atoms. The molecule has 1 atom stereocenters. The lowest BCUT2D eigenvalue weighted by Gasteiger charge is -2.07. The Morgan fingerprint density at radius 1 is 1.50 bits per heavy atom. The summed E-state index contributed by atoms with van der Waals surface area (Å²) in [6.07, 6.45) is 5.10. The number of amides is 1. The average Bonchev–Trinajstić information content (AvgIpc) is 3.00. The molecule has 0 fully saturated rings. The third-order valence-electron chi connectivity index (χ3n) is 2.76. The first-order valence-corrected chi connectivity index (χ1v) is 7.38. The molecular formula is C15H15N3O3S. The highest BCUT2D eigenvalue weighted by molar-refractivity contribution is 8.00. The standard InChI is InChI=1S/C15H15N3O3S/c1-4-9-16-13(19)10(2)22-15-18-17-14(21-15)11-7-5-6-8-12(11)20-3/h1,5-8,10H,9H2,2-3H3,(H,16,19). The Kier molecular flexibility index (Phi) is 5.44. The van der Waals surface area contributed by atoms with Crippen LogP contribution in [0.3, 0.4) is 0 Å². The van der Waals surface area contributed by atoms with Gasteiger partial charge in [-0.3, -0.25) is 4.79 Å². The summed E-state index contributed by atoms with van der Waals surface area (Å²) >= 11 is 1.17. The largest absolute Gasteiger partial charge is 0.496 e. The number of hydrogen-bond acceptors (Lipinski definition) is 6. The summed E-state index contributed by atoms with van der Waals surface area (Å²) in [5, 5.41) is 10.5. The average molecular weight is 317 g/mol. The minimum atomic E-state index is -0.390. The van der Waals surface area contributed by atoms with Crippen LogP contribution in [0.25, 0.3) is 11.5 Å². The Labute approximate surface area is 132 Å². The molecule has 1 aromatic carbocycles. The minimum absolute atomic E-state index is 0.181. The van der Waals surface area contributed by atoms with Gasteiger partial charge >= 0.3 is 0 Å². The van der Waals surface area contributed by atoms with Gasteiger partial charge in [-0.25, -0.2) is 0 Å². The number of rotatable bonds is 6. The predicted molar refractivity (Wildman–Crippen MR) is 83.4 cm³/mol. The third-order valence-corrected chi connectivity index (χ3v) is 3.69. The number of thioether (sulfide) groups is 1. The van der Waals surface area contributed by atoms with E-state index in [9.17, 15) is 4.79 Å². The molecule has 2 rings (SSSR count). The second kappa shape index (κ2) is 7.52. The molecule has 1 aromatic heterocycles. The van der Waals surface area contributed by atoms with Crippen LogP contribution in [0.2, 0.25) is 0 Å². The normalized spacial score (nSPS) is 11.5. The van der Waals surface area contributed by atoms with E-state index in [1.54, 1.807) is 14.0 Å². The van der Waals surface area contributed by atoms with E-state index in [4.69, 9.17) is 15.6 Å². The van der Waals surface area contributed by atoms with Gasteiger partial charge in [0.2, 0.25) is 5.91 Å². The summed E-state index contributed by atoms with van der Waals surface area (Å²) in [7, 11) is 1.57. The summed E-state index contributed by atoms with van der Waals surface area (Å²) in [4.78, 5) is 11.7. The number of nitrogens with one attached hydrogen (secondary N) is 1. The van der Waals surface area contributed by atoms with Gasteiger partial charge in [0.1, 0.15) is 5.75 Å². The highest BCUT2D eigenvalue weighted by Gasteiger charge is 2.19. The summed E-state index contributed by atoms with van der Waals surface area (Å²) in [6, 6.07) is 7.34. The van der Waals surface area contributed by atoms with Gasteiger partial charge in [0, 0.05) is 0 Å². The second-order valence-electron chi connectivity index (χ2n) is 4.26. The second-order valence-corrected chi connectivity index (χ2v) is 5.55. The van der Waals surface area contributed by atoms with Gasteiger partial charge in [0.25, 0.3) is 11.1 Å². The number of para-hydroxylation sites is 1. The van der Waals surface area contributed by atoms with Crippen molar-refractivity contribution in [1.29, 1.82) is 0 Å². The summed E-state index contributed by atoms with van der Waals surface area (Å²) < 4.78 is 10.8. The van der Waals surface area contributed by atoms with E-state index in [0.29, 0.717) is 22.4 Å². The van der Waals surface area contributed by atoms with Crippen molar-refractivity contribution >= 4 is 17.7 Å². The van der Waals surface area contributed by atoms with Crippen LogP contribution in [-0.2, 0) is 4.79 Å². The van der Waals surface area contributed by atoms with E-state index in [0.717, 1.165) is 0 Å². The molecule has 6 nitrogen and oxygen atoms in total. The topological polar surface area (TPSA) is 77.2 Å². The van der Waals surface area contributed by atoms with Crippen molar-refractivity contribution < 1.29 is 13.9 Å². The summed E-state index contributed by atoms with van der Waals surface area (Å²) in [5.74, 6) is 3.15. The molecule has 0 aliphatic heterocycles. The fourth-order valence-corrected chi connectivity index (χ4v) is 2.38. The number of methoxy groups -OCH3 is 1. The molecule has 0 saturated heterocycles. The van der Waals surface area contributed by atoms with Gasteiger partial charge < -0.3 is 14.5 Å². The molecule has 0 bridgehead atoms. The van der Waals surface area contributed by atoms with Gasteiger partial charge in [-0.05, 0) is 19.1 Å². The maximum absolute atomic E-state index is 11.7. The van der Waals surface area contributed by atoms with Crippen LogP contribution in [-0.4, -0.2) is 35.0 Å². The van der Waals surface area contributed by atoms with E-state index in [2.05, 4.69) is 21.4 Å². The van der Waals surface area contributed by atoms with Crippen molar-refractivity contribution in [2.45, 2.75) is 17.4 Å². The molecule has 7 heteroatoms. The van der Waals surface area contributed by atoms with Crippen LogP contribution in [0.4, 0.5) is 0 Å². The van der Waals surface area contributed by atoms with Crippen molar-refractivity contribution in [3.05, 3.63) is 24.3 Å². The monoisotopic (exact) mass is 317 g/mol. The Hall–Kier alpha value is -2.46. The van der Waals surface area contributed by atoms with Gasteiger partial charge in [0.15, 0.2) is 0 Å². The molecular weight excluding hydrogens is 302 g/mol. The number of carbonyl (C=O) groups is 1. The first-order valence-electron chi connectivity index (χ1n) is 6.50. The number of carbonyl (C=O) groups excluding carboxylic acids is 1. The van der Waals surface area contributed by atoms with E-state index in [1.807, 2.05) is 24.3 Å². The molecule has 1 unspecified atom stereocenters. The number of benzene rings is 1. The Morgan fingerprint density at radius 3 is 3.00 bits per heavy atom. The fraction of sp³-hybridized carbons (Fsp3) is 0.267. The zero-order chi connectivity index (χ0) is 15.9. The van der Waals surface area contributed by atoms with Crippen molar-refractivity contribution in [3.8, 4) is 29.5 Å². The van der Waals surface area contributed by atoms with Gasteiger partial charge in [-0.1, -0.05) is 29.8 Å². The zero-order valence-electron chi connectivity index (χ0n) is 12.2. The molecule has 114 valence electrons. The summed E-state index contributed by atoms with van der Waals surface area (Å²) in [6.45, 7) is 1.93. The molecule has 1 amide bonds. The maximum Gasteiger partial charge on any atom is 0.277 e. The van der Waals surface area contributed by atoms with E-state index in [1.165, 1.54) is 11.8 Å². The molecule has 0 aliphatic rings. The first-order chi connectivity index (χ1) is 10.7. The lowest BCUT2D eigenvalue weighted by atomic mass is 10.2. The number of ether oxygens (including phenoxy) is 1. The number of aromatic nitrogens is 2. The Balaban J connectivity index is 2.09. The highest BCUT2D eigenvalue weighted by atomic mass is 32.2. The van der Waals surface area contributed by atoms with Crippen molar-refractivity contribution in [2.75, 3.05) is 13.7 Å². The van der Waals surface area contributed by atoms with E-state index < -0.39 is 0 Å². The molecule has 1 N–H and O–H groups in total. The zero-order valence-corrected chi connectivity index (χ0v) is 13.0. The quantitative estimate of drug-likeness (QED) is 0.648. The third kappa shape index (κ3) is 3.80. The lowest BCUT2D eigenvalue weighted by Crippen LogP contribution is -2.31. The highest BCUT2D eigenvalue weighted by Crippen LogP contribution is 2.31. The van der Waals surface area contributed by atoms with Crippen LogP contribution in [0.1, 0.15) is 6.92 Å². The van der Waals surface area contributed by atoms with Crippen molar-refractivity contribution in [3.63, 3.8) is 0 Å². The van der Waals surface area contributed by atoms with Gasteiger partial charge in [-0.2, -0.15) is 0 Å². The van der Waals surface area contributed by atoms with Gasteiger partial charge in [-0.15, -0.1) is 16.6 Å². The predicted octanol–water partition coefficient (Wildman–Crippen LogP) is 1.98. The van der Waals surface area contributed by atoms with Crippen LogP contribution >= 0.6 is 11.8 Å². The van der Waals surface area contributed by atoms with Crippen LogP contribution < -0.4 is 10.1 Å². The van der Waals surface area contributed by atoms with Crippen LogP contribution in [0.15, 0.2) is 33.9 Å². The molecule has 0 spiro atoms. The molecule has 1 heterocycles. The van der Waals surface area contributed by atoms with Crippen molar-refractivity contribution in [2.24, 2.45) is 0 Å². The van der Waals surface area contributed by atoms with E-state index in [-0.39, 0.29) is 17.7 Å². The smallest absolute Gasteiger partial charge is 0.277 e. The molecule has 0 radical (unpaired) electrons. The van der Waals surface area contributed by atoms with Crippen LogP contribution in [0, 0.1) is 12.3 Å². The number of terminal acetylenes is 1. The number of hydrogen-bond donors (Lipinski definition) is 1. The molecule has 0 aliphatic carbocycles. The number of nitrogens with zero attached hydrogens (tertiary/aromatic N) is 2. The molecule has 2 aromatic rings. The fourth-order valence-electron chi connectivity index (χ4n) is 1.67. The first kappa shape index (κ1) is 15.9. The maximum atomic E-state index is 11.7.